The SMILES string of the molecule is C[P+](c1ccccc1)(c1ccccc1)c1ccccc1.C[P+](c1ccccc1)(c1ccccc1)c1ccccc1.O=S(=O)([O-])[O-]. The van der Waals surface area contributed by atoms with Crippen molar-refractivity contribution in [2.45, 2.75) is 0 Å². The fraction of sp³-hybridized carbons (Fsp3) is 0.0526. The molecule has 0 unspecified atom stereocenters. The lowest BCUT2D eigenvalue weighted by Gasteiger charge is -2.22. The van der Waals surface area contributed by atoms with E-state index in [2.05, 4.69) is 195 Å². The van der Waals surface area contributed by atoms with Gasteiger partial charge in [0.1, 0.15) is 46.4 Å². The van der Waals surface area contributed by atoms with E-state index in [1.165, 1.54) is 31.8 Å². The third-order valence-electron chi connectivity index (χ3n) is 7.64. The minimum absolute atomic E-state index is 1.43. The van der Waals surface area contributed by atoms with Crippen LogP contribution in [-0.4, -0.2) is 30.9 Å². The highest BCUT2D eigenvalue weighted by Gasteiger charge is 2.40. The molecule has 0 aromatic heterocycles. The lowest BCUT2D eigenvalue weighted by atomic mass is 10.4. The largest absolute Gasteiger partial charge is 0.759 e. The average Bonchev–Trinajstić information content (AvgIpc) is 3.09. The molecule has 0 atom stereocenters. The molecule has 0 spiro atoms. The summed E-state index contributed by atoms with van der Waals surface area (Å²) in [6.45, 7) is 4.82. The van der Waals surface area contributed by atoms with Crippen LogP contribution in [0.1, 0.15) is 0 Å². The predicted molar refractivity (Wildman–Crippen MR) is 193 cm³/mol. The van der Waals surface area contributed by atoms with Gasteiger partial charge in [-0.1, -0.05) is 109 Å². The minimum atomic E-state index is -5.17. The number of benzene rings is 6. The topological polar surface area (TPSA) is 80.3 Å². The molecule has 228 valence electrons. The summed E-state index contributed by atoms with van der Waals surface area (Å²) in [5.74, 6) is 0. The first-order valence-corrected chi connectivity index (χ1v) is 20.2. The van der Waals surface area contributed by atoms with Gasteiger partial charge in [0.2, 0.25) is 0 Å². The van der Waals surface area contributed by atoms with Crippen molar-refractivity contribution >= 4 is 56.8 Å². The molecule has 0 N–H and O–H groups in total. The molecule has 0 saturated heterocycles. The summed E-state index contributed by atoms with van der Waals surface area (Å²) < 4.78 is 34.1. The molecule has 7 heteroatoms. The van der Waals surface area contributed by atoms with Crippen LogP contribution in [0, 0.1) is 0 Å². The monoisotopic (exact) mass is 650 g/mol. The highest BCUT2D eigenvalue weighted by atomic mass is 32.3. The second-order valence-corrected chi connectivity index (χ2v) is 18.4. The Hall–Kier alpha value is -3.95. The molecule has 6 aromatic rings. The second kappa shape index (κ2) is 15.9. The van der Waals surface area contributed by atoms with Gasteiger partial charge in [0, 0.05) is 10.4 Å². The fourth-order valence-electron chi connectivity index (χ4n) is 5.25. The van der Waals surface area contributed by atoms with Crippen molar-refractivity contribution in [2.24, 2.45) is 0 Å². The van der Waals surface area contributed by atoms with E-state index in [9.17, 15) is 0 Å². The summed E-state index contributed by atoms with van der Waals surface area (Å²) in [4.78, 5) is 0. The van der Waals surface area contributed by atoms with E-state index in [0.717, 1.165) is 0 Å². The van der Waals surface area contributed by atoms with Crippen LogP contribution in [0.4, 0.5) is 0 Å². The van der Waals surface area contributed by atoms with Crippen molar-refractivity contribution in [3.05, 3.63) is 182 Å². The molecule has 0 aliphatic heterocycles. The molecule has 0 bridgehead atoms. The second-order valence-electron chi connectivity index (χ2n) is 10.4. The molecule has 6 aromatic carbocycles. The van der Waals surface area contributed by atoms with Gasteiger partial charge in [-0.25, -0.2) is 0 Å². The molecule has 45 heavy (non-hydrogen) atoms. The summed E-state index contributed by atoms with van der Waals surface area (Å²) in [5.41, 5.74) is 0. The van der Waals surface area contributed by atoms with Gasteiger partial charge in [0.25, 0.3) is 0 Å². The van der Waals surface area contributed by atoms with Crippen molar-refractivity contribution < 1.29 is 17.5 Å². The molecule has 6 rings (SSSR count). The van der Waals surface area contributed by atoms with Gasteiger partial charge in [0.15, 0.2) is 0 Å². The highest BCUT2D eigenvalue weighted by Crippen LogP contribution is 2.52. The van der Waals surface area contributed by atoms with Gasteiger partial charge in [-0.15, -0.1) is 0 Å². The van der Waals surface area contributed by atoms with Crippen LogP contribution >= 0.6 is 14.5 Å². The highest BCUT2D eigenvalue weighted by molar-refractivity contribution is 7.95. The molecular weight excluding hydrogens is 614 g/mol. The van der Waals surface area contributed by atoms with Gasteiger partial charge < -0.3 is 9.11 Å². The first-order chi connectivity index (χ1) is 21.6. The molecule has 0 fully saturated rings. The van der Waals surface area contributed by atoms with Crippen LogP contribution in [0.3, 0.4) is 0 Å². The van der Waals surface area contributed by atoms with E-state index in [-0.39, 0.29) is 0 Å². The van der Waals surface area contributed by atoms with Crippen molar-refractivity contribution in [3.63, 3.8) is 0 Å². The molecule has 0 aliphatic rings. The summed E-state index contributed by atoms with van der Waals surface area (Å²) in [7, 11) is -8.22. The molecule has 0 aliphatic carbocycles. The lowest BCUT2D eigenvalue weighted by Crippen LogP contribution is -2.30. The smallest absolute Gasteiger partial charge is 0.109 e. The summed E-state index contributed by atoms with van der Waals surface area (Å²) >= 11 is 0. The van der Waals surface area contributed by atoms with Crippen LogP contribution < -0.4 is 31.8 Å². The van der Waals surface area contributed by atoms with Gasteiger partial charge in [0.05, 0.1) is 13.3 Å². The Bertz CT molecular complexity index is 1500. The van der Waals surface area contributed by atoms with Gasteiger partial charge in [-0.05, 0) is 72.8 Å². The summed E-state index contributed by atoms with van der Waals surface area (Å²) in [6.07, 6.45) is 0. The first-order valence-electron chi connectivity index (χ1n) is 14.4. The zero-order chi connectivity index (χ0) is 32.2. The van der Waals surface area contributed by atoms with E-state index in [4.69, 9.17) is 17.5 Å². The van der Waals surface area contributed by atoms with Crippen LogP contribution in [0.2, 0.25) is 0 Å². The van der Waals surface area contributed by atoms with Gasteiger partial charge in [-0.3, -0.25) is 8.42 Å². The zero-order valence-electron chi connectivity index (χ0n) is 25.3. The van der Waals surface area contributed by atoms with Gasteiger partial charge in [-0.2, -0.15) is 0 Å². The Morgan fingerprint density at radius 3 is 0.556 bits per heavy atom. The van der Waals surface area contributed by atoms with Crippen molar-refractivity contribution in [3.8, 4) is 0 Å². The Morgan fingerprint density at radius 1 is 0.333 bits per heavy atom. The quantitative estimate of drug-likeness (QED) is 0.128. The van der Waals surface area contributed by atoms with Crippen LogP contribution in [0.15, 0.2) is 182 Å². The third kappa shape index (κ3) is 9.05. The maximum atomic E-state index is 8.52. The fourth-order valence-corrected chi connectivity index (χ4v) is 11.7. The first kappa shape index (κ1) is 33.9. The van der Waals surface area contributed by atoms with E-state index in [1.54, 1.807) is 0 Å². The van der Waals surface area contributed by atoms with E-state index in [1.807, 2.05) is 0 Å². The maximum absolute atomic E-state index is 8.52. The van der Waals surface area contributed by atoms with Crippen LogP contribution in [0.25, 0.3) is 0 Å². The van der Waals surface area contributed by atoms with Crippen molar-refractivity contribution in [1.29, 1.82) is 0 Å². The average molecular weight is 651 g/mol. The summed E-state index contributed by atoms with van der Waals surface area (Å²) in [5, 5.41) is 8.57. The Balaban J connectivity index is 0.000000179. The zero-order valence-corrected chi connectivity index (χ0v) is 27.9. The van der Waals surface area contributed by atoms with Crippen molar-refractivity contribution in [1.82, 2.24) is 0 Å². The molecule has 0 heterocycles. The Morgan fingerprint density at radius 2 is 0.444 bits per heavy atom. The Labute approximate surface area is 268 Å². The third-order valence-corrected chi connectivity index (χ3v) is 15.6. The normalized spacial score (nSPS) is 11.3. The molecule has 0 amide bonds. The number of rotatable bonds is 6. The predicted octanol–water partition coefficient (Wildman–Crippen LogP) is 5.88. The minimum Gasteiger partial charge on any atom is -0.759 e. The van der Waals surface area contributed by atoms with E-state index >= 15 is 0 Å². The van der Waals surface area contributed by atoms with Crippen LogP contribution in [-0.2, 0) is 10.4 Å². The molecule has 0 radical (unpaired) electrons. The summed E-state index contributed by atoms with van der Waals surface area (Å²) in [6, 6.07) is 65.3. The van der Waals surface area contributed by atoms with E-state index in [0.29, 0.717) is 0 Å². The molecular formula is C38H36O4P2S. The maximum Gasteiger partial charge on any atom is 0.109 e. The van der Waals surface area contributed by atoms with E-state index < -0.39 is 24.9 Å². The Kier molecular flexibility index (Phi) is 12.0. The number of hydrogen-bond acceptors (Lipinski definition) is 4. The lowest BCUT2D eigenvalue weighted by molar-refractivity contribution is 0.352. The standard InChI is InChI=1S/2C19H18P.H2O4S/c2*1-20(17-11-5-2-6-12-17,18-13-7-3-8-14-18)19-15-9-4-10-16-19;1-5(2,3)4/h2*2-16H,1H3;(H2,1,2,3,4)/q2*+1;/p-2. The van der Waals surface area contributed by atoms with Gasteiger partial charge >= 0.3 is 0 Å². The van der Waals surface area contributed by atoms with Crippen molar-refractivity contribution in [2.75, 3.05) is 13.3 Å². The number of hydrogen-bond donors (Lipinski definition) is 0. The molecule has 0 saturated carbocycles. The van der Waals surface area contributed by atoms with Crippen LogP contribution in [0.5, 0.6) is 0 Å². The molecule has 4 nitrogen and oxygen atoms in total.